The van der Waals surface area contributed by atoms with Crippen molar-refractivity contribution in [1.82, 2.24) is 15.5 Å². The molecule has 2 aromatic rings. The molecule has 0 aliphatic heterocycles. The second kappa shape index (κ2) is 6.47. The zero-order valence-corrected chi connectivity index (χ0v) is 11.7. The zero-order chi connectivity index (χ0) is 14.5. The molecule has 0 bridgehead atoms. The van der Waals surface area contributed by atoms with E-state index >= 15 is 0 Å². The van der Waals surface area contributed by atoms with Crippen molar-refractivity contribution in [2.24, 2.45) is 5.92 Å². The molecule has 6 heteroatoms. The van der Waals surface area contributed by atoms with Gasteiger partial charge in [-0.2, -0.15) is 0 Å². The Morgan fingerprint density at radius 1 is 1.55 bits per heavy atom. The molecular weight excluding hydrogens is 258 g/mol. The summed E-state index contributed by atoms with van der Waals surface area (Å²) in [5.74, 6) is 0.120. The molecule has 6 nitrogen and oxygen atoms in total. The van der Waals surface area contributed by atoms with Crippen LogP contribution in [0.4, 0.5) is 0 Å². The van der Waals surface area contributed by atoms with E-state index in [1.54, 1.807) is 6.07 Å². The van der Waals surface area contributed by atoms with E-state index in [1.807, 2.05) is 13.8 Å². The molecule has 0 fully saturated rings. The molecule has 1 unspecified atom stereocenters. The van der Waals surface area contributed by atoms with E-state index in [-0.39, 0.29) is 18.4 Å². The number of carbonyl (C=O) groups is 1. The fraction of sp³-hybridized carbons (Fsp3) is 0.500. The van der Waals surface area contributed by atoms with Gasteiger partial charge in [-0.25, -0.2) is 4.98 Å². The van der Waals surface area contributed by atoms with Crippen LogP contribution in [0, 0.1) is 12.8 Å². The monoisotopic (exact) mass is 277 g/mol. The van der Waals surface area contributed by atoms with Crippen molar-refractivity contribution in [3.05, 3.63) is 23.5 Å². The van der Waals surface area contributed by atoms with Crippen LogP contribution in [0.5, 0.6) is 0 Å². The lowest BCUT2D eigenvalue weighted by atomic mass is 10.0. The van der Waals surface area contributed by atoms with Crippen LogP contribution < -0.4 is 5.32 Å². The number of aliphatic hydroxyl groups is 1. The van der Waals surface area contributed by atoms with Gasteiger partial charge in [0.25, 0.3) is 11.6 Å². The molecule has 2 heterocycles. The van der Waals surface area contributed by atoms with Gasteiger partial charge < -0.3 is 14.9 Å². The fourth-order valence-electron chi connectivity index (χ4n) is 2.04. The van der Waals surface area contributed by atoms with Crippen LogP contribution in [0.15, 0.2) is 16.8 Å². The van der Waals surface area contributed by atoms with Gasteiger partial charge in [0.2, 0.25) is 0 Å². The minimum Gasteiger partial charge on any atom is -0.396 e. The summed E-state index contributed by atoms with van der Waals surface area (Å²) in [5.41, 5.74) is 1.64. The number of aliphatic hydroxyl groups excluding tert-OH is 1. The van der Waals surface area contributed by atoms with Gasteiger partial charge in [0.15, 0.2) is 0 Å². The topological polar surface area (TPSA) is 88.2 Å². The number of fused-ring (bicyclic) bond motifs is 1. The van der Waals surface area contributed by atoms with E-state index in [9.17, 15) is 4.79 Å². The molecule has 2 N–H and O–H groups in total. The van der Waals surface area contributed by atoms with Gasteiger partial charge in [-0.15, -0.1) is 0 Å². The average molecular weight is 277 g/mol. The lowest BCUT2D eigenvalue weighted by Crippen LogP contribution is -2.29. The molecule has 1 atom stereocenters. The summed E-state index contributed by atoms with van der Waals surface area (Å²) in [6.07, 6.45) is 3.09. The highest BCUT2D eigenvalue weighted by Crippen LogP contribution is 2.16. The van der Waals surface area contributed by atoms with E-state index in [2.05, 4.69) is 15.5 Å². The molecule has 20 heavy (non-hydrogen) atoms. The molecule has 0 aliphatic rings. The van der Waals surface area contributed by atoms with Crippen molar-refractivity contribution in [3.63, 3.8) is 0 Å². The maximum absolute atomic E-state index is 12.1. The van der Waals surface area contributed by atoms with Crippen LogP contribution in [0.1, 0.15) is 35.8 Å². The number of rotatable bonds is 6. The number of aryl methyl sites for hydroxylation is 1. The van der Waals surface area contributed by atoms with Crippen molar-refractivity contribution in [1.29, 1.82) is 0 Å². The summed E-state index contributed by atoms with van der Waals surface area (Å²) in [5, 5.41) is 16.4. The third-order valence-electron chi connectivity index (χ3n) is 3.44. The number of nitrogens with zero attached hydrogens (tertiary/aromatic N) is 2. The van der Waals surface area contributed by atoms with Crippen molar-refractivity contribution in [2.75, 3.05) is 13.2 Å². The summed E-state index contributed by atoms with van der Waals surface area (Å²) < 4.78 is 5.01. The third-order valence-corrected chi connectivity index (χ3v) is 3.44. The van der Waals surface area contributed by atoms with Gasteiger partial charge in [-0.05, 0) is 25.3 Å². The van der Waals surface area contributed by atoms with E-state index in [0.29, 0.717) is 29.9 Å². The Hall–Kier alpha value is -1.95. The van der Waals surface area contributed by atoms with Gasteiger partial charge in [0.05, 0.1) is 16.6 Å². The van der Waals surface area contributed by atoms with Gasteiger partial charge in [0, 0.05) is 19.3 Å². The third kappa shape index (κ3) is 3.14. The van der Waals surface area contributed by atoms with Crippen LogP contribution in [-0.4, -0.2) is 34.3 Å². The summed E-state index contributed by atoms with van der Waals surface area (Å²) in [7, 11) is 0. The molecule has 0 spiro atoms. The minimum absolute atomic E-state index is 0.141. The SMILES string of the molecule is CCC(CCO)CNC(=O)c1cnc2onc(C)c2c1. The summed E-state index contributed by atoms with van der Waals surface area (Å²) >= 11 is 0. The Balaban J connectivity index is 2.05. The minimum atomic E-state index is -0.170. The molecule has 0 saturated carbocycles. The predicted molar refractivity (Wildman–Crippen MR) is 74.4 cm³/mol. The normalized spacial score (nSPS) is 12.6. The maximum Gasteiger partial charge on any atom is 0.257 e. The second-order valence-corrected chi connectivity index (χ2v) is 4.84. The number of pyridine rings is 1. The molecule has 1 amide bonds. The Morgan fingerprint density at radius 2 is 2.35 bits per heavy atom. The van der Waals surface area contributed by atoms with Crippen LogP contribution in [0.3, 0.4) is 0 Å². The Morgan fingerprint density at radius 3 is 3.05 bits per heavy atom. The molecule has 0 radical (unpaired) electrons. The first kappa shape index (κ1) is 14.5. The van der Waals surface area contributed by atoms with Crippen LogP contribution in [0.2, 0.25) is 0 Å². The van der Waals surface area contributed by atoms with E-state index in [0.717, 1.165) is 11.8 Å². The zero-order valence-electron chi connectivity index (χ0n) is 11.7. The quantitative estimate of drug-likeness (QED) is 0.838. The van der Waals surface area contributed by atoms with Gasteiger partial charge in [0.1, 0.15) is 0 Å². The highest BCUT2D eigenvalue weighted by Gasteiger charge is 2.13. The Bertz CT molecular complexity index is 594. The van der Waals surface area contributed by atoms with E-state index in [1.165, 1.54) is 6.20 Å². The number of hydrogen-bond donors (Lipinski definition) is 2. The maximum atomic E-state index is 12.1. The van der Waals surface area contributed by atoms with Crippen LogP contribution >= 0.6 is 0 Å². The van der Waals surface area contributed by atoms with Gasteiger partial charge in [-0.1, -0.05) is 18.5 Å². The number of aromatic nitrogens is 2. The predicted octanol–water partition coefficient (Wildman–Crippen LogP) is 1.67. The van der Waals surface area contributed by atoms with Crippen molar-refractivity contribution >= 4 is 17.0 Å². The molecule has 0 saturated heterocycles. The number of carbonyl (C=O) groups excluding carboxylic acids is 1. The first-order valence-electron chi connectivity index (χ1n) is 6.76. The highest BCUT2D eigenvalue weighted by atomic mass is 16.5. The van der Waals surface area contributed by atoms with Crippen LogP contribution in [0.25, 0.3) is 11.1 Å². The van der Waals surface area contributed by atoms with E-state index in [4.69, 9.17) is 9.63 Å². The van der Waals surface area contributed by atoms with Gasteiger partial charge in [-0.3, -0.25) is 4.79 Å². The molecule has 0 aromatic carbocycles. The van der Waals surface area contributed by atoms with Gasteiger partial charge >= 0.3 is 0 Å². The van der Waals surface area contributed by atoms with Crippen molar-refractivity contribution in [3.8, 4) is 0 Å². The van der Waals surface area contributed by atoms with Crippen LogP contribution in [-0.2, 0) is 0 Å². The fourth-order valence-corrected chi connectivity index (χ4v) is 2.04. The number of nitrogens with one attached hydrogen (secondary N) is 1. The first-order chi connectivity index (χ1) is 9.65. The average Bonchev–Trinajstić information content (AvgIpc) is 2.84. The Labute approximate surface area is 117 Å². The Kier molecular flexibility index (Phi) is 4.68. The molecule has 0 aliphatic carbocycles. The van der Waals surface area contributed by atoms with Crippen molar-refractivity contribution < 1.29 is 14.4 Å². The smallest absolute Gasteiger partial charge is 0.257 e. The van der Waals surface area contributed by atoms with Crippen molar-refractivity contribution in [2.45, 2.75) is 26.7 Å². The van der Waals surface area contributed by atoms with E-state index < -0.39 is 0 Å². The molecule has 2 aromatic heterocycles. The molecule has 108 valence electrons. The lowest BCUT2D eigenvalue weighted by Gasteiger charge is -2.14. The summed E-state index contributed by atoms with van der Waals surface area (Å²) in [4.78, 5) is 16.2. The standard InChI is InChI=1S/C14H19N3O3/c1-3-10(4-5-18)7-15-13(19)11-6-12-9(2)17-20-14(12)16-8-11/h6,8,10,18H,3-5,7H2,1-2H3,(H,15,19). The summed E-state index contributed by atoms with van der Waals surface area (Å²) in [6.45, 7) is 4.54. The lowest BCUT2D eigenvalue weighted by molar-refractivity contribution is 0.0943. The number of hydrogen-bond acceptors (Lipinski definition) is 5. The largest absolute Gasteiger partial charge is 0.396 e. The molecular formula is C14H19N3O3. The molecule has 2 rings (SSSR count). The number of amides is 1. The summed E-state index contributed by atoms with van der Waals surface area (Å²) in [6, 6.07) is 1.73. The second-order valence-electron chi connectivity index (χ2n) is 4.84. The highest BCUT2D eigenvalue weighted by molar-refractivity contribution is 5.96. The first-order valence-corrected chi connectivity index (χ1v) is 6.76.